The third-order valence-electron chi connectivity index (χ3n) is 12.6. The van der Waals surface area contributed by atoms with Gasteiger partial charge in [0.25, 0.3) is 0 Å². The van der Waals surface area contributed by atoms with Gasteiger partial charge in [-0.15, -0.1) is 0 Å². The van der Waals surface area contributed by atoms with E-state index in [1.807, 2.05) is 0 Å². The van der Waals surface area contributed by atoms with E-state index in [1.54, 1.807) is 5.32 Å². The molecule has 89 heavy (non-hydrogen) atoms. The van der Waals surface area contributed by atoms with Crippen LogP contribution >= 0.6 is 0 Å². The SMILES string of the molecule is CC(=O)N[C@H]1[C@@H](O[C@H]2[C@@H](OC(C)=O)[C@@H](COC(C)=O)O[C@H](O[C@@H]3[C@@H](N=[N+]=[N-])[C@H](OCCCNC(=O)C(F)(F)F)O[C@H](COC(C)=O)[C@@H]3OC(C)=O)[C@@H]2O[C@@H]2O[C@@H](C)[C@@H](OC(C)=O)[C@@H](OC(C)=O)[C@@H]2OC(C)=O)O[C@H](COC(C)=O)[C@H](OC(C)=O)[C@@H]1OC(C)=O. The van der Waals surface area contributed by atoms with Gasteiger partial charge in [0.2, 0.25) is 5.91 Å². The molecule has 0 spiro atoms. The van der Waals surface area contributed by atoms with E-state index in [-0.39, 0.29) is 0 Å². The number of hydrogen-bond donors (Lipinski definition) is 2. The molecule has 4 aliphatic rings. The Hall–Kier alpha value is -7.58. The summed E-state index contributed by atoms with van der Waals surface area (Å²) >= 11 is 0. The van der Waals surface area contributed by atoms with E-state index < -0.39 is 240 Å². The molecule has 0 aliphatic carbocycles. The van der Waals surface area contributed by atoms with Crippen LogP contribution in [0.2, 0.25) is 0 Å². The number of halogens is 3. The molecule has 4 heterocycles. The number of hydrogen-bond acceptors (Lipinski definition) is 31. The molecule has 4 aliphatic heterocycles. The van der Waals surface area contributed by atoms with Crippen molar-refractivity contribution >= 4 is 71.5 Å². The fourth-order valence-corrected chi connectivity index (χ4v) is 9.51. The zero-order valence-corrected chi connectivity index (χ0v) is 50.0. The van der Waals surface area contributed by atoms with E-state index in [1.165, 1.54) is 6.92 Å². The van der Waals surface area contributed by atoms with Crippen LogP contribution in [0, 0.1) is 0 Å². The normalized spacial score (nSPS) is 31.7. The van der Waals surface area contributed by atoms with Crippen LogP contribution in [-0.2, 0) is 143 Å². The molecule has 0 aromatic heterocycles. The first kappa shape index (κ1) is 73.9. The topological polar surface area (TPSA) is 444 Å². The smallest absolute Gasteiger partial charge is 0.463 e. The van der Waals surface area contributed by atoms with E-state index >= 15 is 0 Å². The largest absolute Gasteiger partial charge is 0.471 e. The van der Waals surface area contributed by atoms with Crippen molar-refractivity contribution < 1.29 is 156 Å². The van der Waals surface area contributed by atoms with Crippen molar-refractivity contribution in [3.63, 3.8) is 0 Å². The lowest BCUT2D eigenvalue weighted by Crippen LogP contribution is -2.71. The van der Waals surface area contributed by atoms with Crippen LogP contribution in [0.1, 0.15) is 89.5 Å². The zero-order valence-electron chi connectivity index (χ0n) is 50.0. The first-order valence-electron chi connectivity index (χ1n) is 27.1. The summed E-state index contributed by atoms with van der Waals surface area (Å²) in [7, 11) is 0. The van der Waals surface area contributed by atoms with Gasteiger partial charge in [0.15, 0.2) is 67.9 Å². The summed E-state index contributed by atoms with van der Waals surface area (Å²) in [5.74, 6) is -13.6. The molecule has 4 rings (SSSR count). The number of nitrogens with zero attached hydrogens (tertiary/aromatic N) is 3. The molecular weight excluding hydrogens is 1220 g/mol. The van der Waals surface area contributed by atoms with Gasteiger partial charge in [-0.1, -0.05) is 5.11 Å². The van der Waals surface area contributed by atoms with E-state index in [4.69, 9.17) is 85.3 Å². The van der Waals surface area contributed by atoms with Gasteiger partial charge >= 0.3 is 71.8 Å². The van der Waals surface area contributed by atoms with Crippen molar-refractivity contribution in [2.75, 3.05) is 33.0 Å². The molecule has 2 amide bonds. The molecule has 2 N–H and O–H groups in total. The molecule has 38 heteroatoms. The molecule has 20 atom stereocenters. The Morgan fingerprint density at radius 1 is 0.461 bits per heavy atom. The minimum absolute atomic E-state index is 0.394. The van der Waals surface area contributed by atoms with Crippen molar-refractivity contribution in [2.24, 2.45) is 5.11 Å². The van der Waals surface area contributed by atoms with E-state index in [9.17, 15) is 76.2 Å². The summed E-state index contributed by atoms with van der Waals surface area (Å²) in [5, 5.41) is 7.90. The highest BCUT2D eigenvalue weighted by atomic mass is 19.4. The molecule has 0 saturated carbocycles. The second-order valence-electron chi connectivity index (χ2n) is 20.0. The second-order valence-corrected chi connectivity index (χ2v) is 20.0. The molecule has 35 nitrogen and oxygen atoms in total. The van der Waals surface area contributed by atoms with Gasteiger partial charge in [-0.05, 0) is 18.9 Å². The Morgan fingerprint density at radius 3 is 1.29 bits per heavy atom. The number of carbonyl (C=O) groups excluding carboxylic acids is 12. The summed E-state index contributed by atoms with van der Waals surface area (Å²) in [6.07, 6.45) is -40.9. The standard InChI is InChI=1S/C51H70F3N5O30/c1-19-36(77-24(6)64)42(82-29(11)69)44(83-30(12)70)48(76-19)89-45-43(88-47-34(57-20(2)60)40(81-28(10)68)37(78-25(7)65)32(85-47)17-74-22(4)62)39(80-27(9)67)33(18-75-23(5)63)86-49(45)87-41-35(58-59-55)46(72-15-13-14-56-50(71)51(52,53)54)84-31(16-73-21(3)61)38(41)79-26(8)66/h19,31-49H,13-18H2,1-12H3,(H,56,71)(H,57,60)/t19-,31+,32+,33+,34+,35+,36+,37-,38-,39-,40+,41+,42+,43-,44-,45+,46+,47+,48-,49+/m0/s1. The first-order valence-corrected chi connectivity index (χ1v) is 27.1. The lowest BCUT2D eigenvalue weighted by atomic mass is 9.93. The minimum atomic E-state index is -5.27. The average Bonchev–Trinajstić information content (AvgIpc) is 0.792. The Bertz CT molecular complexity index is 2610. The fraction of sp³-hybridized carbons (Fsp3) is 0.765. The third-order valence-corrected chi connectivity index (χ3v) is 12.6. The highest BCUT2D eigenvalue weighted by Gasteiger charge is 2.61. The number of azide groups is 1. The van der Waals surface area contributed by atoms with Crippen LogP contribution in [0.4, 0.5) is 13.2 Å². The quantitative estimate of drug-likeness (QED) is 0.0276. The van der Waals surface area contributed by atoms with Crippen molar-refractivity contribution in [3.8, 4) is 0 Å². The minimum Gasteiger partial charge on any atom is -0.463 e. The number of nitrogens with one attached hydrogen (secondary N) is 2. The van der Waals surface area contributed by atoms with Gasteiger partial charge in [-0.25, -0.2) is 0 Å². The number of alkyl halides is 3. The highest BCUT2D eigenvalue weighted by molar-refractivity contribution is 5.81. The van der Waals surface area contributed by atoms with Gasteiger partial charge in [-0.2, -0.15) is 13.2 Å². The molecule has 0 bridgehead atoms. The first-order chi connectivity index (χ1) is 41.6. The summed E-state index contributed by atoms with van der Waals surface area (Å²) in [5.41, 5.74) is 10.1. The maximum absolute atomic E-state index is 13.4. The number of rotatable bonds is 26. The number of amides is 2. The second kappa shape index (κ2) is 33.8. The summed E-state index contributed by atoms with van der Waals surface area (Å²) in [6.45, 7) is 7.78. The third kappa shape index (κ3) is 22.5. The molecule has 4 saturated heterocycles. The lowest BCUT2D eigenvalue weighted by molar-refractivity contribution is -0.396. The summed E-state index contributed by atoms with van der Waals surface area (Å²) in [4.78, 5) is 156. The maximum atomic E-state index is 13.4. The average molecular weight is 1290 g/mol. The predicted octanol–water partition coefficient (Wildman–Crippen LogP) is -0.458. The highest BCUT2D eigenvalue weighted by Crippen LogP contribution is 2.40. The monoisotopic (exact) mass is 1290 g/mol. The molecular formula is C51H70F3N5O30. The summed E-state index contributed by atoms with van der Waals surface area (Å²) < 4.78 is 146. The van der Waals surface area contributed by atoms with Gasteiger partial charge in [0.05, 0.1) is 12.7 Å². The van der Waals surface area contributed by atoms with Crippen LogP contribution < -0.4 is 10.6 Å². The number of esters is 10. The Labute approximate surface area is 504 Å². The van der Waals surface area contributed by atoms with Crippen LogP contribution in [0.25, 0.3) is 10.4 Å². The predicted molar refractivity (Wildman–Crippen MR) is 274 cm³/mol. The number of ether oxygens (including phenoxy) is 18. The van der Waals surface area contributed by atoms with E-state index in [2.05, 4.69) is 15.3 Å². The molecule has 0 radical (unpaired) electrons. The number of carbonyl (C=O) groups is 12. The molecule has 0 unspecified atom stereocenters. The van der Waals surface area contributed by atoms with Gasteiger partial charge in [0, 0.05) is 87.6 Å². The van der Waals surface area contributed by atoms with Gasteiger partial charge < -0.3 is 95.9 Å². The van der Waals surface area contributed by atoms with Crippen molar-refractivity contribution in [1.29, 1.82) is 0 Å². The van der Waals surface area contributed by atoms with Crippen molar-refractivity contribution in [2.45, 2.75) is 218 Å². The maximum Gasteiger partial charge on any atom is 0.471 e. The summed E-state index contributed by atoms with van der Waals surface area (Å²) in [6, 6.07) is -3.85. The van der Waals surface area contributed by atoms with E-state index in [0.29, 0.717) is 0 Å². The Balaban J connectivity index is 2.15. The van der Waals surface area contributed by atoms with Gasteiger partial charge in [0.1, 0.15) is 68.5 Å². The Kier molecular flexibility index (Phi) is 28.1. The zero-order chi connectivity index (χ0) is 66.8. The van der Waals surface area contributed by atoms with Crippen LogP contribution in [0.5, 0.6) is 0 Å². The van der Waals surface area contributed by atoms with E-state index in [0.717, 1.165) is 76.2 Å². The van der Waals surface area contributed by atoms with Crippen molar-refractivity contribution in [3.05, 3.63) is 10.4 Å². The fourth-order valence-electron chi connectivity index (χ4n) is 9.51. The Morgan fingerprint density at radius 2 is 0.843 bits per heavy atom. The van der Waals surface area contributed by atoms with Gasteiger partial charge in [-0.3, -0.25) is 57.5 Å². The molecule has 4 fully saturated rings. The van der Waals surface area contributed by atoms with Crippen LogP contribution in [0.3, 0.4) is 0 Å². The van der Waals surface area contributed by atoms with Crippen molar-refractivity contribution in [1.82, 2.24) is 10.6 Å². The van der Waals surface area contributed by atoms with Crippen LogP contribution in [0.15, 0.2) is 5.11 Å². The molecule has 0 aromatic carbocycles. The van der Waals surface area contributed by atoms with Crippen LogP contribution in [-0.4, -0.2) is 233 Å². The molecule has 500 valence electrons. The molecule has 0 aromatic rings. The lowest BCUT2D eigenvalue weighted by Gasteiger charge is -2.52.